The van der Waals surface area contributed by atoms with Crippen molar-refractivity contribution >= 4 is 21.9 Å². The molecule has 1 aliphatic carbocycles. The van der Waals surface area contributed by atoms with Crippen LogP contribution in [0.5, 0.6) is 0 Å². The number of sulfonamides is 1. The van der Waals surface area contributed by atoms with E-state index in [9.17, 15) is 18.0 Å². The summed E-state index contributed by atoms with van der Waals surface area (Å²) >= 11 is 0. The van der Waals surface area contributed by atoms with E-state index in [1.54, 1.807) is 6.92 Å². The molecule has 154 valence electrons. The fourth-order valence-electron chi connectivity index (χ4n) is 3.47. The number of hydrogen-bond donors (Lipinski definition) is 2. The number of primary sulfonamides is 1. The summed E-state index contributed by atoms with van der Waals surface area (Å²) in [6.45, 7) is 3.13. The number of carbonyl (C=O) groups is 2. The van der Waals surface area contributed by atoms with E-state index in [4.69, 9.17) is 9.88 Å². The van der Waals surface area contributed by atoms with Crippen LogP contribution in [0.25, 0.3) is 0 Å². The van der Waals surface area contributed by atoms with E-state index in [0.29, 0.717) is 5.56 Å². The molecule has 0 saturated carbocycles. The standard InChI is InChI=1S/C21H24N2O5S/c1-13-10-11-16(29(22,26)27)12-18(13)21(25)28-14(2)20(24)23-19-9-5-7-15-6-3-4-8-17(15)19/h3-4,6,8,10-12,14,19H,5,7,9H2,1-2H3,(H,23,24)(H2,22,26,27)/t14-,19+/m1/s1. The summed E-state index contributed by atoms with van der Waals surface area (Å²) in [6, 6.07) is 11.8. The third-order valence-electron chi connectivity index (χ3n) is 5.10. The van der Waals surface area contributed by atoms with Crippen molar-refractivity contribution in [3.05, 3.63) is 64.7 Å². The fourth-order valence-corrected chi connectivity index (χ4v) is 4.01. The predicted molar refractivity (Wildman–Crippen MR) is 108 cm³/mol. The zero-order valence-corrected chi connectivity index (χ0v) is 17.2. The summed E-state index contributed by atoms with van der Waals surface area (Å²) in [4.78, 5) is 24.9. The molecule has 2 aromatic carbocycles. The van der Waals surface area contributed by atoms with Crippen LogP contribution in [0.15, 0.2) is 47.4 Å². The van der Waals surface area contributed by atoms with Gasteiger partial charge in [-0.1, -0.05) is 30.3 Å². The van der Waals surface area contributed by atoms with Gasteiger partial charge in [-0.3, -0.25) is 4.79 Å². The Morgan fingerprint density at radius 1 is 1.21 bits per heavy atom. The lowest BCUT2D eigenvalue weighted by molar-refractivity contribution is -0.130. The van der Waals surface area contributed by atoms with Gasteiger partial charge in [-0.25, -0.2) is 18.4 Å². The smallest absolute Gasteiger partial charge is 0.339 e. The van der Waals surface area contributed by atoms with Crippen molar-refractivity contribution in [3.8, 4) is 0 Å². The van der Waals surface area contributed by atoms with Crippen LogP contribution in [0.1, 0.15) is 52.9 Å². The first-order valence-electron chi connectivity index (χ1n) is 9.39. The maximum absolute atomic E-state index is 12.6. The number of ether oxygens (including phenoxy) is 1. The quantitative estimate of drug-likeness (QED) is 0.726. The largest absolute Gasteiger partial charge is 0.449 e. The molecular formula is C21H24N2O5S. The molecular weight excluding hydrogens is 392 g/mol. The second-order valence-electron chi connectivity index (χ2n) is 7.22. The van der Waals surface area contributed by atoms with Crippen molar-refractivity contribution in [2.24, 2.45) is 5.14 Å². The predicted octanol–water partition coefficient (Wildman–Crippen LogP) is 2.38. The van der Waals surface area contributed by atoms with E-state index < -0.39 is 28.0 Å². The van der Waals surface area contributed by atoms with E-state index in [1.165, 1.54) is 24.6 Å². The Morgan fingerprint density at radius 3 is 2.66 bits per heavy atom. The molecule has 8 heteroatoms. The van der Waals surface area contributed by atoms with Gasteiger partial charge in [0, 0.05) is 0 Å². The molecule has 3 N–H and O–H groups in total. The number of nitrogens with two attached hydrogens (primary N) is 1. The van der Waals surface area contributed by atoms with Crippen LogP contribution < -0.4 is 10.5 Å². The minimum Gasteiger partial charge on any atom is -0.449 e. The number of benzene rings is 2. The van der Waals surface area contributed by atoms with Crippen molar-refractivity contribution in [2.75, 3.05) is 0 Å². The summed E-state index contributed by atoms with van der Waals surface area (Å²) < 4.78 is 28.4. The van der Waals surface area contributed by atoms with E-state index in [2.05, 4.69) is 11.4 Å². The van der Waals surface area contributed by atoms with Gasteiger partial charge in [-0.05, 0) is 61.9 Å². The van der Waals surface area contributed by atoms with Crippen LogP contribution >= 0.6 is 0 Å². The number of carbonyl (C=O) groups excluding carboxylic acids is 2. The highest BCUT2D eigenvalue weighted by Gasteiger charge is 2.26. The summed E-state index contributed by atoms with van der Waals surface area (Å²) in [5, 5.41) is 8.07. The molecule has 0 spiro atoms. The van der Waals surface area contributed by atoms with E-state index in [0.717, 1.165) is 30.9 Å². The van der Waals surface area contributed by atoms with E-state index in [1.807, 2.05) is 18.2 Å². The minimum absolute atomic E-state index is 0.0548. The number of aryl methyl sites for hydroxylation is 2. The number of esters is 1. The molecule has 0 bridgehead atoms. The van der Waals surface area contributed by atoms with Crippen molar-refractivity contribution in [1.29, 1.82) is 0 Å². The Kier molecular flexibility index (Phi) is 6.04. The van der Waals surface area contributed by atoms with Crippen LogP contribution in [-0.4, -0.2) is 26.4 Å². The maximum Gasteiger partial charge on any atom is 0.339 e. The number of amides is 1. The normalized spacial score (nSPS) is 17.1. The molecule has 0 heterocycles. The molecule has 2 aromatic rings. The molecule has 0 unspecified atom stereocenters. The van der Waals surface area contributed by atoms with Crippen LogP contribution in [0.3, 0.4) is 0 Å². The van der Waals surface area contributed by atoms with Crippen molar-refractivity contribution in [2.45, 2.75) is 50.2 Å². The van der Waals surface area contributed by atoms with Crippen LogP contribution in [0.2, 0.25) is 0 Å². The Hall–Kier alpha value is -2.71. The highest BCUT2D eigenvalue weighted by molar-refractivity contribution is 7.89. The molecule has 0 aliphatic heterocycles. The topological polar surface area (TPSA) is 116 Å². The van der Waals surface area contributed by atoms with Gasteiger partial charge >= 0.3 is 5.97 Å². The van der Waals surface area contributed by atoms with E-state index in [-0.39, 0.29) is 16.5 Å². The second-order valence-corrected chi connectivity index (χ2v) is 8.78. The summed E-state index contributed by atoms with van der Waals surface area (Å²) in [5.41, 5.74) is 2.88. The summed E-state index contributed by atoms with van der Waals surface area (Å²) in [5.74, 6) is -1.18. The van der Waals surface area contributed by atoms with Gasteiger partial charge in [-0.2, -0.15) is 0 Å². The summed E-state index contributed by atoms with van der Waals surface area (Å²) in [6.07, 6.45) is 1.73. The van der Waals surface area contributed by atoms with Gasteiger partial charge < -0.3 is 10.1 Å². The molecule has 0 fully saturated rings. The first-order valence-corrected chi connectivity index (χ1v) is 10.9. The average molecular weight is 416 g/mol. The number of rotatable bonds is 5. The van der Waals surface area contributed by atoms with E-state index >= 15 is 0 Å². The number of fused-ring (bicyclic) bond motifs is 1. The lowest BCUT2D eigenvalue weighted by Gasteiger charge is -2.27. The van der Waals surface area contributed by atoms with Crippen molar-refractivity contribution in [1.82, 2.24) is 5.32 Å². The van der Waals surface area contributed by atoms with Gasteiger partial charge in [-0.15, -0.1) is 0 Å². The Balaban J connectivity index is 1.70. The molecule has 0 radical (unpaired) electrons. The first kappa shape index (κ1) is 21.0. The van der Waals surface area contributed by atoms with Crippen LogP contribution in [0.4, 0.5) is 0 Å². The third-order valence-corrected chi connectivity index (χ3v) is 6.01. The van der Waals surface area contributed by atoms with Crippen molar-refractivity contribution < 1.29 is 22.7 Å². The van der Waals surface area contributed by atoms with Gasteiger partial charge in [0.2, 0.25) is 10.0 Å². The first-order chi connectivity index (χ1) is 13.7. The SMILES string of the molecule is Cc1ccc(S(N)(=O)=O)cc1C(=O)O[C@H](C)C(=O)N[C@H]1CCCc2ccccc21. The Bertz CT molecular complexity index is 1050. The Morgan fingerprint density at radius 2 is 1.93 bits per heavy atom. The number of nitrogens with one attached hydrogen (secondary N) is 1. The Labute approximate surface area is 170 Å². The molecule has 1 aliphatic rings. The third kappa shape index (κ3) is 4.83. The zero-order valence-electron chi connectivity index (χ0n) is 16.3. The molecule has 29 heavy (non-hydrogen) atoms. The minimum atomic E-state index is -3.96. The molecule has 1 amide bonds. The van der Waals surface area contributed by atoms with Gasteiger partial charge in [0.25, 0.3) is 5.91 Å². The van der Waals surface area contributed by atoms with Gasteiger partial charge in [0.15, 0.2) is 6.10 Å². The van der Waals surface area contributed by atoms with Gasteiger partial charge in [0.05, 0.1) is 16.5 Å². The van der Waals surface area contributed by atoms with Crippen molar-refractivity contribution in [3.63, 3.8) is 0 Å². The fraction of sp³-hybridized carbons (Fsp3) is 0.333. The monoisotopic (exact) mass is 416 g/mol. The molecule has 0 aromatic heterocycles. The highest BCUT2D eigenvalue weighted by Crippen LogP contribution is 2.29. The molecule has 7 nitrogen and oxygen atoms in total. The zero-order chi connectivity index (χ0) is 21.2. The maximum atomic E-state index is 12.6. The lowest BCUT2D eigenvalue weighted by atomic mass is 9.87. The second kappa shape index (κ2) is 8.34. The van der Waals surface area contributed by atoms with Crippen LogP contribution in [-0.2, 0) is 26.0 Å². The average Bonchev–Trinajstić information content (AvgIpc) is 2.67. The van der Waals surface area contributed by atoms with Gasteiger partial charge in [0.1, 0.15) is 0 Å². The summed E-state index contributed by atoms with van der Waals surface area (Å²) in [7, 11) is -3.96. The molecule has 3 rings (SSSR count). The number of hydrogen-bond acceptors (Lipinski definition) is 5. The highest BCUT2D eigenvalue weighted by atomic mass is 32.2. The lowest BCUT2D eigenvalue weighted by Crippen LogP contribution is -2.39. The van der Waals surface area contributed by atoms with Crippen LogP contribution in [0, 0.1) is 6.92 Å². The molecule has 0 saturated heterocycles. The molecule has 2 atom stereocenters.